The van der Waals surface area contributed by atoms with Gasteiger partial charge in [-0.25, -0.2) is 8.78 Å². The van der Waals surface area contributed by atoms with Crippen LogP contribution in [0, 0.1) is 11.8 Å². The van der Waals surface area contributed by atoms with E-state index in [1.54, 1.807) is 11.9 Å². The third-order valence-corrected chi connectivity index (χ3v) is 3.56. The Balaban J connectivity index is 2.15. The van der Waals surface area contributed by atoms with Gasteiger partial charge in [0.1, 0.15) is 0 Å². The normalized spacial score (nSPS) is 24.0. The Kier molecular flexibility index (Phi) is 6.21. The van der Waals surface area contributed by atoms with Gasteiger partial charge in [0, 0.05) is 0 Å². The van der Waals surface area contributed by atoms with E-state index in [0.29, 0.717) is 5.92 Å². The minimum absolute atomic E-state index is 0.102. The van der Waals surface area contributed by atoms with Gasteiger partial charge in [0.2, 0.25) is 0 Å². The summed E-state index contributed by atoms with van der Waals surface area (Å²) < 4.78 is 24.2. The van der Waals surface area contributed by atoms with Crippen LogP contribution in [-0.4, -0.2) is 44.6 Å². The van der Waals surface area contributed by atoms with Crippen molar-refractivity contribution in [2.24, 2.45) is 11.8 Å². The summed E-state index contributed by atoms with van der Waals surface area (Å²) in [5, 5.41) is 3.40. The Labute approximate surface area is 97.4 Å². The number of nitrogens with one attached hydrogen (secondary N) is 1. The molecule has 0 aromatic rings. The fourth-order valence-electron chi connectivity index (χ4n) is 2.35. The van der Waals surface area contributed by atoms with Gasteiger partial charge in [0.05, 0.1) is 6.54 Å². The standard InChI is InChI=1S/C12H24F2N2/c1-10(11-4-3-6-15-8-11)5-7-16(2)9-12(13)14/h10-12,15H,3-9H2,1-2H3. The fraction of sp³-hybridized carbons (Fsp3) is 1.00. The summed E-state index contributed by atoms with van der Waals surface area (Å²) in [4.78, 5) is 1.73. The van der Waals surface area contributed by atoms with Crippen LogP contribution in [0.15, 0.2) is 0 Å². The average Bonchev–Trinajstić information content (AvgIpc) is 2.26. The van der Waals surface area contributed by atoms with Gasteiger partial charge >= 0.3 is 0 Å². The molecule has 96 valence electrons. The number of nitrogens with zero attached hydrogens (tertiary/aromatic N) is 1. The van der Waals surface area contributed by atoms with Crippen LogP contribution in [-0.2, 0) is 0 Å². The first-order chi connectivity index (χ1) is 7.59. The predicted octanol–water partition coefficient (Wildman–Crippen LogP) is 2.21. The summed E-state index contributed by atoms with van der Waals surface area (Å²) in [6, 6.07) is 0. The van der Waals surface area contributed by atoms with Gasteiger partial charge in [-0.15, -0.1) is 0 Å². The van der Waals surface area contributed by atoms with Gasteiger partial charge < -0.3 is 10.2 Å². The molecule has 1 fully saturated rings. The molecule has 1 heterocycles. The molecule has 2 unspecified atom stereocenters. The molecule has 16 heavy (non-hydrogen) atoms. The van der Waals surface area contributed by atoms with E-state index in [2.05, 4.69) is 12.2 Å². The number of alkyl halides is 2. The molecule has 0 amide bonds. The zero-order valence-corrected chi connectivity index (χ0v) is 10.4. The van der Waals surface area contributed by atoms with E-state index in [0.717, 1.165) is 32.0 Å². The third kappa shape index (κ3) is 5.21. The lowest BCUT2D eigenvalue weighted by atomic mass is 9.85. The Morgan fingerprint density at radius 1 is 1.44 bits per heavy atom. The quantitative estimate of drug-likeness (QED) is 0.758. The molecule has 2 atom stereocenters. The largest absolute Gasteiger partial charge is 0.316 e. The molecule has 0 radical (unpaired) electrons. The minimum atomic E-state index is -2.21. The van der Waals surface area contributed by atoms with Crippen LogP contribution < -0.4 is 5.32 Å². The smallest absolute Gasteiger partial charge is 0.251 e. The molecule has 4 heteroatoms. The van der Waals surface area contributed by atoms with Crippen LogP contribution in [0.4, 0.5) is 8.78 Å². The highest BCUT2D eigenvalue weighted by Gasteiger charge is 2.20. The van der Waals surface area contributed by atoms with Crippen LogP contribution in [0.1, 0.15) is 26.2 Å². The maximum atomic E-state index is 12.1. The topological polar surface area (TPSA) is 15.3 Å². The van der Waals surface area contributed by atoms with E-state index in [1.165, 1.54) is 12.8 Å². The van der Waals surface area contributed by atoms with Gasteiger partial charge in [-0.05, 0) is 57.8 Å². The first kappa shape index (κ1) is 13.8. The molecule has 1 saturated heterocycles. The lowest BCUT2D eigenvalue weighted by Gasteiger charge is -2.29. The summed E-state index contributed by atoms with van der Waals surface area (Å²) >= 11 is 0. The van der Waals surface area contributed by atoms with Crippen LogP contribution in [0.2, 0.25) is 0 Å². The second-order valence-electron chi connectivity index (χ2n) is 5.03. The van der Waals surface area contributed by atoms with Crippen molar-refractivity contribution in [3.05, 3.63) is 0 Å². The zero-order chi connectivity index (χ0) is 12.0. The lowest BCUT2D eigenvalue weighted by molar-refractivity contribution is 0.0957. The van der Waals surface area contributed by atoms with E-state index in [4.69, 9.17) is 0 Å². The second-order valence-corrected chi connectivity index (χ2v) is 5.03. The molecule has 1 rings (SSSR count). The number of halogens is 2. The van der Waals surface area contributed by atoms with Crippen molar-refractivity contribution >= 4 is 0 Å². The predicted molar refractivity (Wildman–Crippen MR) is 62.9 cm³/mol. The summed E-state index contributed by atoms with van der Waals surface area (Å²) in [5.41, 5.74) is 0. The summed E-state index contributed by atoms with van der Waals surface area (Å²) in [7, 11) is 1.78. The maximum absolute atomic E-state index is 12.1. The molecule has 0 spiro atoms. The molecule has 1 aliphatic rings. The van der Waals surface area contributed by atoms with Gasteiger partial charge in [-0.2, -0.15) is 0 Å². The number of rotatable bonds is 6. The van der Waals surface area contributed by atoms with E-state index >= 15 is 0 Å². The minimum Gasteiger partial charge on any atom is -0.316 e. The Bertz CT molecular complexity index is 182. The highest BCUT2D eigenvalue weighted by molar-refractivity contribution is 4.74. The first-order valence-corrected chi connectivity index (χ1v) is 6.27. The number of hydrogen-bond acceptors (Lipinski definition) is 2. The Hall–Kier alpha value is -0.220. The van der Waals surface area contributed by atoms with Crippen LogP contribution >= 0.6 is 0 Å². The van der Waals surface area contributed by atoms with Crippen molar-refractivity contribution in [2.75, 3.05) is 33.2 Å². The fourth-order valence-corrected chi connectivity index (χ4v) is 2.35. The van der Waals surface area contributed by atoms with E-state index in [1.807, 2.05) is 0 Å². The van der Waals surface area contributed by atoms with Crippen molar-refractivity contribution in [2.45, 2.75) is 32.6 Å². The summed E-state index contributed by atoms with van der Waals surface area (Å²) in [6.45, 7) is 5.15. The lowest BCUT2D eigenvalue weighted by Crippen LogP contribution is -2.35. The molecule has 0 bridgehead atoms. The Morgan fingerprint density at radius 2 is 2.19 bits per heavy atom. The highest BCUT2D eigenvalue weighted by atomic mass is 19.3. The molecular weight excluding hydrogens is 210 g/mol. The average molecular weight is 234 g/mol. The van der Waals surface area contributed by atoms with Crippen LogP contribution in [0.25, 0.3) is 0 Å². The first-order valence-electron chi connectivity index (χ1n) is 6.27. The summed E-state index contributed by atoms with van der Waals surface area (Å²) in [6.07, 6.45) is 1.35. The van der Waals surface area contributed by atoms with Gasteiger partial charge in [0.15, 0.2) is 0 Å². The molecule has 1 aliphatic heterocycles. The molecule has 1 N–H and O–H groups in total. The molecule has 0 aromatic heterocycles. The molecule has 2 nitrogen and oxygen atoms in total. The SMILES string of the molecule is CC(CCN(C)CC(F)F)C1CCCNC1. The van der Waals surface area contributed by atoms with Gasteiger partial charge in [-0.3, -0.25) is 0 Å². The van der Waals surface area contributed by atoms with Gasteiger partial charge in [0.25, 0.3) is 6.43 Å². The molecule has 0 aliphatic carbocycles. The van der Waals surface area contributed by atoms with Crippen molar-refractivity contribution in [1.82, 2.24) is 10.2 Å². The van der Waals surface area contributed by atoms with E-state index < -0.39 is 6.43 Å². The maximum Gasteiger partial charge on any atom is 0.251 e. The molecule has 0 aromatic carbocycles. The van der Waals surface area contributed by atoms with E-state index in [9.17, 15) is 8.78 Å². The van der Waals surface area contributed by atoms with Crippen LogP contribution in [0.5, 0.6) is 0 Å². The zero-order valence-electron chi connectivity index (χ0n) is 10.4. The monoisotopic (exact) mass is 234 g/mol. The van der Waals surface area contributed by atoms with Crippen LogP contribution in [0.3, 0.4) is 0 Å². The number of hydrogen-bond donors (Lipinski definition) is 1. The number of piperidine rings is 1. The van der Waals surface area contributed by atoms with Crippen molar-refractivity contribution < 1.29 is 8.78 Å². The van der Waals surface area contributed by atoms with Gasteiger partial charge in [-0.1, -0.05) is 6.92 Å². The van der Waals surface area contributed by atoms with Crippen molar-refractivity contribution in [1.29, 1.82) is 0 Å². The Morgan fingerprint density at radius 3 is 2.75 bits per heavy atom. The van der Waals surface area contributed by atoms with E-state index in [-0.39, 0.29) is 6.54 Å². The van der Waals surface area contributed by atoms with Crippen molar-refractivity contribution in [3.8, 4) is 0 Å². The second kappa shape index (κ2) is 7.17. The van der Waals surface area contributed by atoms with Crippen molar-refractivity contribution in [3.63, 3.8) is 0 Å². The third-order valence-electron chi connectivity index (χ3n) is 3.56. The summed E-state index contributed by atoms with van der Waals surface area (Å²) in [5.74, 6) is 1.36. The molecular formula is C12H24F2N2. The molecule has 0 saturated carbocycles. The highest BCUT2D eigenvalue weighted by Crippen LogP contribution is 2.22.